The van der Waals surface area contributed by atoms with E-state index >= 15 is 0 Å². The summed E-state index contributed by atoms with van der Waals surface area (Å²) in [5.41, 5.74) is 4.57. The third kappa shape index (κ3) is 2.26. The highest BCUT2D eigenvalue weighted by molar-refractivity contribution is 7.24. The standard InChI is InChI=1S/C19H13N3OS2/c1-22-13-5-3-2-4-11(13)8-14(22)19(23)21-16-9-12-6-7-15-17(18(12)25-16)20-10-24-15/h2-10H,1H3,(H,21,23). The Morgan fingerprint density at radius 2 is 2.00 bits per heavy atom. The van der Waals surface area contributed by atoms with E-state index in [0.29, 0.717) is 5.69 Å². The molecule has 1 amide bonds. The maximum atomic E-state index is 12.8. The molecule has 0 atom stereocenters. The molecule has 0 radical (unpaired) electrons. The highest BCUT2D eigenvalue weighted by atomic mass is 32.1. The van der Waals surface area contributed by atoms with E-state index in [1.54, 1.807) is 22.7 Å². The Hall–Kier alpha value is -2.70. The Morgan fingerprint density at radius 3 is 2.88 bits per heavy atom. The number of para-hydroxylation sites is 1. The number of thiazole rings is 1. The summed E-state index contributed by atoms with van der Waals surface area (Å²) in [7, 11) is 1.92. The van der Waals surface area contributed by atoms with Gasteiger partial charge in [-0.3, -0.25) is 4.79 Å². The van der Waals surface area contributed by atoms with Gasteiger partial charge in [0.05, 0.1) is 25.4 Å². The molecule has 3 aromatic heterocycles. The average Bonchev–Trinajstić information content (AvgIpc) is 3.31. The SMILES string of the molecule is Cn1c(C(=O)Nc2cc3ccc4scnc4c3s2)cc2ccccc21. The first-order chi connectivity index (χ1) is 12.2. The lowest BCUT2D eigenvalue weighted by Gasteiger charge is -2.04. The number of nitrogens with one attached hydrogen (secondary N) is 1. The van der Waals surface area contributed by atoms with Crippen LogP contribution in [-0.2, 0) is 7.05 Å². The third-order valence-electron chi connectivity index (χ3n) is 4.41. The summed E-state index contributed by atoms with van der Waals surface area (Å²) in [6, 6.07) is 16.1. The molecule has 0 saturated heterocycles. The van der Waals surface area contributed by atoms with Crippen LogP contribution in [0, 0.1) is 0 Å². The predicted octanol–water partition coefficient (Wildman–Crippen LogP) is 5.26. The van der Waals surface area contributed by atoms with E-state index in [9.17, 15) is 4.79 Å². The molecule has 6 heteroatoms. The van der Waals surface area contributed by atoms with Crippen molar-refractivity contribution >= 4 is 64.8 Å². The number of anilines is 1. The number of aryl methyl sites for hydroxylation is 1. The Labute approximate surface area is 151 Å². The van der Waals surface area contributed by atoms with E-state index in [1.807, 2.05) is 53.5 Å². The third-order valence-corrected chi connectivity index (χ3v) is 6.27. The smallest absolute Gasteiger partial charge is 0.272 e. The van der Waals surface area contributed by atoms with Crippen molar-refractivity contribution in [3.05, 3.63) is 59.7 Å². The van der Waals surface area contributed by atoms with Crippen molar-refractivity contribution < 1.29 is 4.79 Å². The Bertz CT molecular complexity index is 1260. The van der Waals surface area contributed by atoms with Crippen LogP contribution in [0.4, 0.5) is 5.00 Å². The molecule has 0 aliphatic heterocycles. The number of benzene rings is 2. The lowest BCUT2D eigenvalue weighted by molar-refractivity contribution is 0.102. The summed E-state index contributed by atoms with van der Waals surface area (Å²) in [4.78, 5) is 17.2. The molecule has 4 nitrogen and oxygen atoms in total. The number of rotatable bonds is 2. The molecule has 5 rings (SSSR count). The number of carbonyl (C=O) groups is 1. The highest BCUT2D eigenvalue weighted by Crippen LogP contribution is 2.36. The molecule has 0 saturated carbocycles. The van der Waals surface area contributed by atoms with Gasteiger partial charge in [-0.05, 0) is 29.7 Å². The van der Waals surface area contributed by atoms with Crippen molar-refractivity contribution in [3.8, 4) is 0 Å². The molecule has 0 unspecified atom stereocenters. The van der Waals surface area contributed by atoms with Crippen LogP contribution < -0.4 is 5.32 Å². The van der Waals surface area contributed by atoms with Crippen LogP contribution >= 0.6 is 22.7 Å². The molecular formula is C19H13N3OS2. The van der Waals surface area contributed by atoms with E-state index in [4.69, 9.17) is 0 Å². The Balaban J connectivity index is 1.54. The second-order valence-electron chi connectivity index (χ2n) is 5.90. The molecule has 122 valence electrons. The van der Waals surface area contributed by atoms with Gasteiger partial charge >= 0.3 is 0 Å². The lowest BCUT2D eigenvalue weighted by atomic mass is 10.2. The van der Waals surface area contributed by atoms with E-state index in [-0.39, 0.29) is 5.91 Å². The molecule has 0 aliphatic carbocycles. The second-order valence-corrected chi connectivity index (χ2v) is 7.83. The van der Waals surface area contributed by atoms with Gasteiger partial charge in [-0.15, -0.1) is 22.7 Å². The normalized spacial score (nSPS) is 11.6. The number of hydrogen-bond donors (Lipinski definition) is 1. The van der Waals surface area contributed by atoms with E-state index < -0.39 is 0 Å². The van der Waals surface area contributed by atoms with Crippen molar-refractivity contribution in [2.75, 3.05) is 5.32 Å². The minimum atomic E-state index is -0.0974. The van der Waals surface area contributed by atoms with Crippen LogP contribution in [0.5, 0.6) is 0 Å². The van der Waals surface area contributed by atoms with Crippen LogP contribution in [0.3, 0.4) is 0 Å². The first-order valence-corrected chi connectivity index (χ1v) is 9.52. The lowest BCUT2D eigenvalue weighted by Crippen LogP contribution is -2.14. The number of fused-ring (bicyclic) bond motifs is 4. The maximum absolute atomic E-state index is 12.8. The van der Waals surface area contributed by atoms with Gasteiger partial charge < -0.3 is 9.88 Å². The van der Waals surface area contributed by atoms with Gasteiger partial charge in [-0.25, -0.2) is 4.98 Å². The van der Waals surface area contributed by atoms with Crippen molar-refractivity contribution in [2.24, 2.45) is 7.05 Å². The molecular weight excluding hydrogens is 350 g/mol. The van der Waals surface area contributed by atoms with Crippen LogP contribution in [0.2, 0.25) is 0 Å². The van der Waals surface area contributed by atoms with E-state index in [0.717, 1.165) is 31.5 Å². The van der Waals surface area contributed by atoms with Crippen LogP contribution in [0.15, 0.2) is 54.0 Å². The van der Waals surface area contributed by atoms with Crippen molar-refractivity contribution in [3.63, 3.8) is 0 Å². The minimum Gasteiger partial charge on any atom is -0.340 e. The van der Waals surface area contributed by atoms with Gasteiger partial charge in [0.2, 0.25) is 0 Å². The molecule has 2 aromatic carbocycles. The van der Waals surface area contributed by atoms with Gasteiger partial charge in [-0.2, -0.15) is 0 Å². The zero-order valence-electron chi connectivity index (χ0n) is 13.3. The summed E-state index contributed by atoms with van der Waals surface area (Å²) < 4.78 is 4.21. The van der Waals surface area contributed by atoms with Gasteiger partial charge in [0.25, 0.3) is 5.91 Å². The van der Waals surface area contributed by atoms with Gasteiger partial charge in [-0.1, -0.05) is 24.3 Å². The molecule has 3 heterocycles. The first-order valence-electron chi connectivity index (χ1n) is 7.82. The molecule has 0 aliphatic rings. The molecule has 0 spiro atoms. The summed E-state index contributed by atoms with van der Waals surface area (Å²) in [5, 5.41) is 6.05. The average molecular weight is 363 g/mol. The number of hydrogen-bond acceptors (Lipinski definition) is 4. The fourth-order valence-electron chi connectivity index (χ4n) is 3.17. The number of thiophene rings is 1. The Kier molecular flexibility index (Phi) is 3.16. The second kappa shape index (κ2) is 5.40. The molecule has 1 N–H and O–H groups in total. The van der Waals surface area contributed by atoms with Crippen LogP contribution in [0.1, 0.15) is 10.5 Å². The number of aromatic nitrogens is 2. The minimum absolute atomic E-state index is 0.0974. The zero-order valence-corrected chi connectivity index (χ0v) is 14.9. The summed E-state index contributed by atoms with van der Waals surface area (Å²) in [6.07, 6.45) is 0. The zero-order chi connectivity index (χ0) is 17.0. The fourth-order valence-corrected chi connectivity index (χ4v) is 4.97. The van der Waals surface area contributed by atoms with Gasteiger partial charge in [0, 0.05) is 18.0 Å². The number of carbonyl (C=O) groups excluding carboxylic acids is 1. The van der Waals surface area contributed by atoms with Crippen molar-refractivity contribution in [1.29, 1.82) is 0 Å². The number of nitrogens with zero attached hydrogens (tertiary/aromatic N) is 2. The van der Waals surface area contributed by atoms with Crippen molar-refractivity contribution in [1.82, 2.24) is 9.55 Å². The summed E-state index contributed by atoms with van der Waals surface area (Å²) >= 11 is 3.20. The van der Waals surface area contributed by atoms with Gasteiger partial charge in [0.15, 0.2) is 0 Å². The van der Waals surface area contributed by atoms with Crippen LogP contribution in [0.25, 0.3) is 31.2 Å². The van der Waals surface area contributed by atoms with Crippen molar-refractivity contribution in [2.45, 2.75) is 0 Å². The maximum Gasteiger partial charge on any atom is 0.272 e. The molecule has 25 heavy (non-hydrogen) atoms. The molecule has 0 fully saturated rings. The van der Waals surface area contributed by atoms with E-state index in [1.165, 1.54) is 4.70 Å². The number of amides is 1. The van der Waals surface area contributed by atoms with Gasteiger partial charge in [0.1, 0.15) is 5.69 Å². The molecule has 5 aromatic rings. The predicted molar refractivity (Wildman–Crippen MR) is 106 cm³/mol. The first kappa shape index (κ1) is 14.6. The highest BCUT2D eigenvalue weighted by Gasteiger charge is 2.15. The quantitative estimate of drug-likeness (QED) is 0.465. The largest absolute Gasteiger partial charge is 0.340 e. The monoisotopic (exact) mass is 363 g/mol. The Morgan fingerprint density at radius 1 is 1.12 bits per heavy atom. The van der Waals surface area contributed by atoms with E-state index in [2.05, 4.69) is 22.4 Å². The van der Waals surface area contributed by atoms with Crippen LogP contribution in [-0.4, -0.2) is 15.5 Å². The molecule has 0 bridgehead atoms. The topological polar surface area (TPSA) is 46.9 Å². The fraction of sp³-hybridized carbons (Fsp3) is 0.0526. The summed E-state index contributed by atoms with van der Waals surface area (Å²) in [5.74, 6) is -0.0974. The summed E-state index contributed by atoms with van der Waals surface area (Å²) in [6.45, 7) is 0.